The van der Waals surface area contributed by atoms with Crippen LogP contribution in [0.5, 0.6) is 0 Å². The SMILES string of the molecule is CC(C)NC(=O)c1ccc(NC(=S)NC(=O)c2sc3ccccc3c2Cl)cc1. The van der Waals surface area contributed by atoms with Crippen molar-refractivity contribution >= 4 is 67.9 Å². The van der Waals surface area contributed by atoms with E-state index in [1.54, 1.807) is 24.3 Å². The highest BCUT2D eigenvalue weighted by molar-refractivity contribution is 7.80. The minimum absolute atomic E-state index is 0.0637. The van der Waals surface area contributed by atoms with Crippen molar-refractivity contribution in [1.82, 2.24) is 10.6 Å². The molecule has 1 heterocycles. The van der Waals surface area contributed by atoms with Crippen LogP contribution < -0.4 is 16.0 Å². The van der Waals surface area contributed by atoms with Gasteiger partial charge >= 0.3 is 0 Å². The first-order valence-corrected chi connectivity index (χ1v) is 10.2. The molecule has 2 amide bonds. The zero-order chi connectivity index (χ0) is 20.3. The van der Waals surface area contributed by atoms with Crippen LogP contribution in [-0.2, 0) is 0 Å². The maximum absolute atomic E-state index is 12.5. The summed E-state index contributed by atoms with van der Waals surface area (Å²) in [6.07, 6.45) is 0. The molecule has 0 aliphatic rings. The van der Waals surface area contributed by atoms with Crippen LogP contribution in [0, 0.1) is 0 Å². The van der Waals surface area contributed by atoms with Gasteiger partial charge in [-0.2, -0.15) is 0 Å². The summed E-state index contributed by atoms with van der Waals surface area (Å²) < 4.78 is 0.937. The molecule has 8 heteroatoms. The van der Waals surface area contributed by atoms with Gasteiger partial charge in [0, 0.05) is 27.4 Å². The number of carbonyl (C=O) groups is 2. The molecular weight excluding hydrogens is 414 g/mol. The van der Waals surface area contributed by atoms with Crippen LogP contribution in [0.4, 0.5) is 5.69 Å². The first kappa shape index (κ1) is 20.3. The number of halogens is 1. The minimum Gasteiger partial charge on any atom is -0.350 e. The Morgan fingerprint density at radius 1 is 1.04 bits per heavy atom. The fraction of sp³-hybridized carbons (Fsp3) is 0.150. The number of benzene rings is 2. The van der Waals surface area contributed by atoms with E-state index >= 15 is 0 Å². The molecule has 0 bridgehead atoms. The van der Waals surface area contributed by atoms with Crippen LogP contribution in [0.25, 0.3) is 10.1 Å². The molecule has 0 atom stereocenters. The van der Waals surface area contributed by atoms with E-state index in [9.17, 15) is 9.59 Å². The number of hydrogen-bond acceptors (Lipinski definition) is 4. The Balaban J connectivity index is 1.64. The normalized spacial score (nSPS) is 10.7. The summed E-state index contributed by atoms with van der Waals surface area (Å²) in [7, 11) is 0. The third-order valence-electron chi connectivity index (χ3n) is 3.79. The number of nitrogens with one attached hydrogen (secondary N) is 3. The van der Waals surface area contributed by atoms with Gasteiger partial charge in [0.2, 0.25) is 0 Å². The van der Waals surface area contributed by atoms with E-state index in [1.807, 2.05) is 38.1 Å². The minimum atomic E-state index is -0.364. The number of carbonyl (C=O) groups excluding carboxylic acids is 2. The lowest BCUT2D eigenvalue weighted by Gasteiger charge is -2.11. The number of amides is 2. The van der Waals surface area contributed by atoms with Gasteiger partial charge in [-0.25, -0.2) is 0 Å². The molecule has 0 spiro atoms. The van der Waals surface area contributed by atoms with Gasteiger partial charge in [0.15, 0.2) is 5.11 Å². The first-order valence-electron chi connectivity index (χ1n) is 8.55. The third-order valence-corrected chi connectivity index (χ3v) is 5.67. The van der Waals surface area contributed by atoms with Crippen molar-refractivity contribution in [2.75, 3.05) is 5.32 Å². The molecule has 5 nitrogen and oxygen atoms in total. The summed E-state index contributed by atoms with van der Waals surface area (Å²) in [5, 5.41) is 9.81. The van der Waals surface area contributed by atoms with Gasteiger partial charge in [-0.05, 0) is 56.4 Å². The molecular formula is C20H18ClN3O2S2. The molecule has 2 aromatic carbocycles. The predicted octanol–water partition coefficient (Wildman–Crippen LogP) is 4.82. The Labute approximate surface area is 177 Å². The molecule has 0 saturated carbocycles. The van der Waals surface area contributed by atoms with E-state index in [0.717, 1.165) is 10.1 Å². The molecule has 0 saturated heterocycles. The lowest BCUT2D eigenvalue weighted by Crippen LogP contribution is -2.33. The number of fused-ring (bicyclic) bond motifs is 1. The Morgan fingerprint density at radius 2 is 1.71 bits per heavy atom. The van der Waals surface area contributed by atoms with Crippen molar-refractivity contribution < 1.29 is 9.59 Å². The summed E-state index contributed by atoms with van der Waals surface area (Å²) in [4.78, 5) is 24.9. The van der Waals surface area contributed by atoms with E-state index in [0.29, 0.717) is 21.2 Å². The quantitative estimate of drug-likeness (QED) is 0.518. The highest BCUT2D eigenvalue weighted by Crippen LogP contribution is 2.34. The van der Waals surface area contributed by atoms with E-state index in [2.05, 4.69) is 16.0 Å². The molecule has 3 rings (SSSR count). The number of thiocarbonyl (C=S) groups is 1. The van der Waals surface area contributed by atoms with E-state index in [-0.39, 0.29) is 23.0 Å². The average molecular weight is 432 g/mol. The fourth-order valence-corrected chi connectivity index (χ4v) is 4.16. The second-order valence-electron chi connectivity index (χ2n) is 6.36. The summed E-state index contributed by atoms with van der Waals surface area (Å²) in [6.45, 7) is 3.80. The average Bonchev–Trinajstić information content (AvgIpc) is 2.99. The van der Waals surface area contributed by atoms with Crippen LogP contribution in [0.3, 0.4) is 0 Å². The number of rotatable bonds is 4. The standard InChI is InChI=1S/C20H18ClN3O2S2/c1-11(2)22-18(25)12-7-9-13(10-8-12)23-20(27)24-19(26)17-16(21)14-5-3-4-6-15(14)28-17/h3-11H,1-2H3,(H,22,25)(H2,23,24,26,27). The molecule has 3 N–H and O–H groups in total. The number of anilines is 1. The van der Waals surface area contributed by atoms with Crippen LogP contribution in [0.2, 0.25) is 5.02 Å². The van der Waals surface area contributed by atoms with Gasteiger partial charge < -0.3 is 10.6 Å². The van der Waals surface area contributed by atoms with Gasteiger partial charge in [-0.1, -0.05) is 29.8 Å². The van der Waals surface area contributed by atoms with E-state index < -0.39 is 0 Å². The van der Waals surface area contributed by atoms with Crippen molar-refractivity contribution in [2.45, 2.75) is 19.9 Å². The summed E-state index contributed by atoms with van der Waals surface area (Å²) >= 11 is 12.9. The Bertz CT molecular complexity index is 1050. The fourth-order valence-electron chi connectivity index (χ4n) is 2.53. The molecule has 0 aliphatic carbocycles. The van der Waals surface area contributed by atoms with Gasteiger partial charge in [-0.3, -0.25) is 14.9 Å². The zero-order valence-corrected chi connectivity index (χ0v) is 17.6. The number of hydrogen-bond donors (Lipinski definition) is 3. The molecule has 0 aliphatic heterocycles. The van der Waals surface area contributed by atoms with Crippen LogP contribution >= 0.6 is 35.2 Å². The lowest BCUT2D eigenvalue weighted by molar-refractivity contribution is 0.0941. The highest BCUT2D eigenvalue weighted by Gasteiger charge is 2.18. The van der Waals surface area contributed by atoms with Gasteiger partial charge in [-0.15, -0.1) is 11.3 Å². The van der Waals surface area contributed by atoms with E-state index in [4.69, 9.17) is 23.8 Å². The summed E-state index contributed by atoms with van der Waals surface area (Å²) in [5.74, 6) is -0.506. The molecule has 3 aromatic rings. The second kappa shape index (κ2) is 8.68. The molecule has 28 heavy (non-hydrogen) atoms. The van der Waals surface area contributed by atoms with E-state index in [1.165, 1.54) is 11.3 Å². The van der Waals surface area contributed by atoms with Crippen LogP contribution in [-0.4, -0.2) is 23.0 Å². The zero-order valence-electron chi connectivity index (χ0n) is 15.2. The predicted molar refractivity (Wildman–Crippen MR) is 120 cm³/mol. The van der Waals surface area contributed by atoms with Crippen molar-refractivity contribution in [2.24, 2.45) is 0 Å². The summed E-state index contributed by atoms with van der Waals surface area (Å²) in [5.41, 5.74) is 1.21. The lowest BCUT2D eigenvalue weighted by atomic mass is 10.2. The van der Waals surface area contributed by atoms with Crippen LogP contribution in [0.1, 0.15) is 33.9 Å². The smallest absolute Gasteiger partial charge is 0.269 e. The summed E-state index contributed by atoms with van der Waals surface area (Å²) in [6, 6.07) is 14.4. The van der Waals surface area contributed by atoms with Gasteiger partial charge in [0.1, 0.15) is 4.88 Å². The molecule has 1 aromatic heterocycles. The highest BCUT2D eigenvalue weighted by atomic mass is 35.5. The Hall–Kier alpha value is -2.48. The topological polar surface area (TPSA) is 70.2 Å². The van der Waals surface area contributed by atoms with Crippen molar-refractivity contribution in [3.8, 4) is 0 Å². The maximum atomic E-state index is 12.5. The first-order chi connectivity index (χ1) is 13.3. The Morgan fingerprint density at radius 3 is 2.36 bits per heavy atom. The Kier molecular flexibility index (Phi) is 6.28. The number of thiophene rings is 1. The van der Waals surface area contributed by atoms with Crippen LogP contribution in [0.15, 0.2) is 48.5 Å². The van der Waals surface area contributed by atoms with Gasteiger partial charge in [0.05, 0.1) is 5.02 Å². The van der Waals surface area contributed by atoms with Gasteiger partial charge in [0.25, 0.3) is 11.8 Å². The van der Waals surface area contributed by atoms with Crippen molar-refractivity contribution in [3.63, 3.8) is 0 Å². The largest absolute Gasteiger partial charge is 0.350 e. The molecule has 0 unspecified atom stereocenters. The van der Waals surface area contributed by atoms with Crippen molar-refractivity contribution in [1.29, 1.82) is 0 Å². The monoisotopic (exact) mass is 431 g/mol. The molecule has 144 valence electrons. The second-order valence-corrected chi connectivity index (χ2v) is 8.19. The maximum Gasteiger partial charge on any atom is 0.269 e. The van der Waals surface area contributed by atoms with Crippen molar-refractivity contribution in [3.05, 3.63) is 64.0 Å². The third kappa shape index (κ3) is 4.67. The molecule has 0 fully saturated rings. The molecule has 0 radical (unpaired) electrons.